The van der Waals surface area contributed by atoms with Crippen LogP contribution in [0, 0.1) is 13.8 Å². The van der Waals surface area contributed by atoms with Gasteiger partial charge in [-0.05, 0) is 49.1 Å². The predicted molar refractivity (Wildman–Crippen MR) is 126 cm³/mol. The third-order valence-electron chi connectivity index (χ3n) is 5.21. The van der Waals surface area contributed by atoms with Crippen LogP contribution in [0.5, 0.6) is 0 Å². The molecule has 0 fully saturated rings. The minimum atomic E-state index is -1.19. The molecule has 9 nitrogen and oxygen atoms in total. The van der Waals surface area contributed by atoms with Crippen molar-refractivity contribution in [2.75, 3.05) is 17.3 Å². The number of carbonyl (C=O) groups is 2. The largest absolute Gasteiger partial charge is 0.465 e. The van der Waals surface area contributed by atoms with Gasteiger partial charge < -0.3 is 15.8 Å². The predicted octanol–water partition coefficient (Wildman–Crippen LogP) is 2.60. The summed E-state index contributed by atoms with van der Waals surface area (Å²) in [5.74, 6) is -0.0697. The van der Waals surface area contributed by atoms with Gasteiger partial charge in [-0.15, -0.1) is 0 Å². The smallest absolute Gasteiger partial charge is 0.410 e. The first-order valence-electron chi connectivity index (χ1n) is 10.6. The van der Waals surface area contributed by atoms with Crippen LogP contribution in [0.25, 0.3) is 0 Å². The molecule has 172 valence electrons. The molecule has 2 aromatic heterocycles. The molecule has 2 amide bonds. The Morgan fingerprint density at radius 3 is 2.52 bits per heavy atom. The fourth-order valence-electron chi connectivity index (χ4n) is 3.35. The van der Waals surface area contributed by atoms with E-state index in [0.717, 1.165) is 17.5 Å². The highest BCUT2D eigenvalue weighted by atomic mass is 16.4. The highest BCUT2D eigenvalue weighted by molar-refractivity contribution is 5.81. The second-order valence-electron chi connectivity index (χ2n) is 7.62. The summed E-state index contributed by atoms with van der Waals surface area (Å²) < 4.78 is 1.42. The van der Waals surface area contributed by atoms with Crippen LogP contribution in [0.2, 0.25) is 0 Å². The maximum atomic E-state index is 12.9. The van der Waals surface area contributed by atoms with E-state index < -0.39 is 6.09 Å². The summed E-state index contributed by atoms with van der Waals surface area (Å²) in [7, 11) is 0. The van der Waals surface area contributed by atoms with Crippen LogP contribution >= 0.6 is 0 Å². The van der Waals surface area contributed by atoms with Crippen LogP contribution in [0.1, 0.15) is 27.9 Å². The standard InChI is InChI=1S/C24H27N5O4/c1-16-11-13-29(26-12-10-18-6-4-3-5-7-18)23(31)20(16)14-22(30)25-15-19-8-9-21(27-17(19)2)28-24(32)33/h3-9,11,13,26H,10,12,14-15H2,1-2H3,(H,25,30)(H,27,28)(H,32,33). The van der Waals surface area contributed by atoms with E-state index in [1.165, 1.54) is 16.3 Å². The topological polar surface area (TPSA) is 125 Å². The number of carboxylic acid groups (broad SMARTS) is 1. The van der Waals surface area contributed by atoms with Gasteiger partial charge >= 0.3 is 6.09 Å². The van der Waals surface area contributed by atoms with E-state index in [0.29, 0.717) is 17.8 Å². The first-order chi connectivity index (χ1) is 15.8. The highest BCUT2D eigenvalue weighted by Crippen LogP contribution is 2.11. The molecule has 0 saturated heterocycles. The molecule has 2 heterocycles. The van der Waals surface area contributed by atoms with Crippen molar-refractivity contribution in [2.24, 2.45) is 0 Å². The number of benzene rings is 1. The lowest BCUT2D eigenvalue weighted by Gasteiger charge is -2.13. The number of aromatic nitrogens is 2. The lowest BCUT2D eigenvalue weighted by molar-refractivity contribution is -0.120. The number of hydrogen-bond donors (Lipinski definition) is 4. The molecule has 1 aromatic carbocycles. The number of rotatable bonds is 9. The maximum Gasteiger partial charge on any atom is 0.410 e. The van der Waals surface area contributed by atoms with E-state index >= 15 is 0 Å². The van der Waals surface area contributed by atoms with Gasteiger partial charge in [0, 0.05) is 30.5 Å². The SMILES string of the molecule is Cc1ccn(NCCc2ccccc2)c(=O)c1CC(=O)NCc1ccc(NC(=O)O)nc1C. The summed E-state index contributed by atoms with van der Waals surface area (Å²) in [4.78, 5) is 40.3. The van der Waals surface area contributed by atoms with Gasteiger partial charge in [0.2, 0.25) is 5.91 Å². The van der Waals surface area contributed by atoms with Crippen molar-refractivity contribution in [3.05, 3.63) is 93.0 Å². The van der Waals surface area contributed by atoms with Crippen molar-refractivity contribution < 1.29 is 14.7 Å². The minimum absolute atomic E-state index is 0.0446. The fraction of sp³-hybridized carbons (Fsp3) is 0.250. The lowest BCUT2D eigenvalue weighted by Crippen LogP contribution is -2.35. The summed E-state index contributed by atoms with van der Waals surface area (Å²) in [5.41, 5.74) is 6.55. The number of aryl methyl sites for hydroxylation is 2. The second-order valence-corrected chi connectivity index (χ2v) is 7.62. The fourth-order valence-corrected chi connectivity index (χ4v) is 3.35. The summed E-state index contributed by atoms with van der Waals surface area (Å²) in [6, 6.07) is 15.0. The van der Waals surface area contributed by atoms with Gasteiger partial charge in [-0.3, -0.25) is 14.9 Å². The zero-order valence-corrected chi connectivity index (χ0v) is 18.6. The van der Waals surface area contributed by atoms with Gasteiger partial charge in [-0.1, -0.05) is 36.4 Å². The number of carbonyl (C=O) groups excluding carboxylic acids is 1. The van der Waals surface area contributed by atoms with Crippen molar-refractivity contribution in [3.8, 4) is 0 Å². The van der Waals surface area contributed by atoms with Crippen LogP contribution in [-0.2, 0) is 24.2 Å². The van der Waals surface area contributed by atoms with E-state index in [4.69, 9.17) is 5.11 Å². The maximum absolute atomic E-state index is 12.9. The van der Waals surface area contributed by atoms with Gasteiger partial charge in [-0.2, -0.15) is 0 Å². The molecule has 3 rings (SSSR count). The Kier molecular flexibility index (Phi) is 7.80. The average Bonchev–Trinajstić information content (AvgIpc) is 2.78. The molecule has 0 aliphatic rings. The van der Waals surface area contributed by atoms with Gasteiger partial charge in [-0.25, -0.2) is 14.5 Å². The zero-order chi connectivity index (χ0) is 23.8. The molecule has 0 unspecified atom stereocenters. The van der Waals surface area contributed by atoms with Crippen LogP contribution in [0.3, 0.4) is 0 Å². The first kappa shape index (κ1) is 23.5. The van der Waals surface area contributed by atoms with E-state index in [1.54, 1.807) is 26.1 Å². The Balaban J connectivity index is 1.59. The minimum Gasteiger partial charge on any atom is -0.465 e. The Labute approximate surface area is 191 Å². The second kappa shape index (κ2) is 10.9. The molecule has 0 aliphatic heterocycles. The molecule has 0 atom stereocenters. The molecule has 4 N–H and O–H groups in total. The van der Waals surface area contributed by atoms with E-state index in [2.05, 4.69) is 21.0 Å². The van der Waals surface area contributed by atoms with Crippen molar-refractivity contribution in [2.45, 2.75) is 33.2 Å². The molecule has 0 spiro atoms. The molecular formula is C24H27N5O4. The first-order valence-corrected chi connectivity index (χ1v) is 10.6. The molecule has 0 aliphatic carbocycles. The number of nitrogens with zero attached hydrogens (tertiary/aromatic N) is 2. The Hall–Kier alpha value is -4.14. The molecule has 0 bridgehead atoms. The zero-order valence-electron chi connectivity index (χ0n) is 18.6. The normalized spacial score (nSPS) is 10.5. The van der Waals surface area contributed by atoms with Crippen LogP contribution in [-0.4, -0.2) is 33.3 Å². The van der Waals surface area contributed by atoms with Gasteiger partial charge in [0.05, 0.1) is 6.42 Å². The van der Waals surface area contributed by atoms with Crippen LogP contribution < -0.4 is 21.6 Å². The lowest BCUT2D eigenvalue weighted by atomic mass is 10.1. The number of nitrogens with one attached hydrogen (secondary N) is 3. The van der Waals surface area contributed by atoms with E-state index in [-0.39, 0.29) is 30.2 Å². The van der Waals surface area contributed by atoms with Gasteiger partial charge in [0.15, 0.2) is 0 Å². The summed E-state index contributed by atoms with van der Waals surface area (Å²) in [6.45, 7) is 4.34. The van der Waals surface area contributed by atoms with Gasteiger partial charge in [0.1, 0.15) is 5.82 Å². The van der Waals surface area contributed by atoms with Gasteiger partial charge in [0.25, 0.3) is 5.56 Å². The molecule has 0 radical (unpaired) electrons. The molecule has 0 saturated carbocycles. The van der Waals surface area contributed by atoms with E-state index in [9.17, 15) is 14.4 Å². The summed E-state index contributed by atoms with van der Waals surface area (Å²) in [6.07, 6.45) is 1.20. The molecule has 9 heteroatoms. The molecular weight excluding hydrogens is 422 g/mol. The number of anilines is 1. The van der Waals surface area contributed by atoms with E-state index in [1.807, 2.05) is 36.4 Å². The number of amides is 2. The number of hydrogen-bond acceptors (Lipinski definition) is 5. The number of pyridine rings is 2. The van der Waals surface area contributed by atoms with Crippen molar-refractivity contribution >= 4 is 17.8 Å². The Morgan fingerprint density at radius 2 is 1.82 bits per heavy atom. The monoisotopic (exact) mass is 449 g/mol. The van der Waals surface area contributed by atoms with Crippen molar-refractivity contribution in [1.29, 1.82) is 0 Å². The van der Waals surface area contributed by atoms with Crippen molar-refractivity contribution in [3.63, 3.8) is 0 Å². The quantitative estimate of drug-likeness (QED) is 0.398. The third kappa shape index (κ3) is 6.67. The Morgan fingerprint density at radius 1 is 1.06 bits per heavy atom. The third-order valence-corrected chi connectivity index (χ3v) is 5.21. The Bertz CT molecular complexity index is 1190. The molecule has 3 aromatic rings. The van der Waals surface area contributed by atoms with Crippen LogP contribution in [0.4, 0.5) is 10.6 Å². The molecule has 33 heavy (non-hydrogen) atoms. The summed E-state index contributed by atoms with van der Waals surface area (Å²) >= 11 is 0. The summed E-state index contributed by atoms with van der Waals surface area (Å²) in [5, 5.41) is 13.8. The van der Waals surface area contributed by atoms with Crippen molar-refractivity contribution in [1.82, 2.24) is 15.0 Å². The highest BCUT2D eigenvalue weighted by Gasteiger charge is 2.13. The average molecular weight is 450 g/mol. The van der Waals surface area contributed by atoms with Crippen LogP contribution in [0.15, 0.2) is 59.5 Å².